The van der Waals surface area contributed by atoms with Crippen LogP contribution in [0.5, 0.6) is 0 Å². The first-order chi connectivity index (χ1) is 9.72. The first kappa shape index (κ1) is 13.0. The number of carbonyl (C=O) groups excluding carboxylic acids is 1. The number of hydrogen-bond donors (Lipinski definition) is 0. The molecule has 3 aromatic rings. The summed E-state index contributed by atoms with van der Waals surface area (Å²) in [5.41, 5.74) is 2.27. The fourth-order valence-electron chi connectivity index (χ4n) is 1.55. The van der Waals surface area contributed by atoms with E-state index >= 15 is 0 Å². The van der Waals surface area contributed by atoms with Crippen LogP contribution >= 0.6 is 23.1 Å². The van der Waals surface area contributed by atoms with Crippen molar-refractivity contribution in [3.63, 3.8) is 0 Å². The Morgan fingerprint density at radius 2 is 2.00 bits per heavy atom. The van der Waals surface area contributed by atoms with Crippen LogP contribution in [0.15, 0.2) is 50.7 Å². The molecule has 0 aliphatic carbocycles. The van der Waals surface area contributed by atoms with Gasteiger partial charge in [-0.05, 0) is 48.2 Å². The highest BCUT2D eigenvalue weighted by atomic mass is 32.2. The van der Waals surface area contributed by atoms with Crippen molar-refractivity contribution in [2.75, 3.05) is 0 Å². The van der Waals surface area contributed by atoms with E-state index in [1.54, 1.807) is 29.8 Å². The van der Waals surface area contributed by atoms with Crippen LogP contribution in [-0.4, -0.2) is 15.3 Å². The van der Waals surface area contributed by atoms with Gasteiger partial charge in [0.05, 0.1) is 0 Å². The van der Waals surface area contributed by atoms with E-state index < -0.39 is 0 Å². The Hall–Kier alpha value is -1.99. The maximum Gasteiger partial charge on any atom is 0.261 e. The highest BCUT2D eigenvalue weighted by Crippen LogP contribution is 2.28. The van der Waals surface area contributed by atoms with Crippen LogP contribution < -0.4 is 0 Å². The van der Waals surface area contributed by atoms with Gasteiger partial charge in [-0.15, -0.1) is 10.2 Å². The van der Waals surface area contributed by atoms with Gasteiger partial charge in [-0.25, -0.2) is 4.39 Å². The van der Waals surface area contributed by atoms with E-state index in [0.29, 0.717) is 15.7 Å². The Labute approximate surface area is 121 Å². The molecule has 0 N–H and O–H groups in total. The smallest absolute Gasteiger partial charge is 0.261 e. The van der Waals surface area contributed by atoms with Crippen molar-refractivity contribution in [3.8, 4) is 11.3 Å². The molecule has 2 heterocycles. The topological polar surface area (TPSA) is 56.0 Å². The minimum absolute atomic E-state index is 0.226. The Morgan fingerprint density at radius 1 is 1.20 bits per heavy atom. The molecule has 100 valence electrons. The maximum absolute atomic E-state index is 12.8. The van der Waals surface area contributed by atoms with E-state index in [-0.39, 0.29) is 16.7 Å². The Balaban J connectivity index is 1.79. The van der Waals surface area contributed by atoms with E-state index in [1.807, 2.05) is 0 Å². The summed E-state index contributed by atoms with van der Waals surface area (Å²) in [6.07, 6.45) is 0. The zero-order valence-corrected chi connectivity index (χ0v) is 11.6. The molecule has 0 amide bonds. The van der Waals surface area contributed by atoms with E-state index in [2.05, 4.69) is 10.2 Å². The maximum atomic E-state index is 12.8. The lowest BCUT2D eigenvalue weighted by Crippen LogP contribution is -1.89. The van der Waals surface area contributed by atoms with Crippen LogP contribution in [0, 0.1) is 5.82 Å². The minimum Gasteiger partial charge on any atom is -0.452 e. The van der Waals surface area contributed by atoms with Gasteiger partial charge in [0.2, 0.25) is 0 Å². The second kappa shape index (κ2) is 5.56. The average molecular weight is 306 g/mol. The molecule has 2 aromatic heterocycles. The van der Waals surface area contributed by atoms with Crippen molar-refractivity contribution >= 4 is 28.2 Å². The van der Waals surface area contributed by atoms with Crippen molar-refractivity contribution in [1.82, 2.24) is 10.2 Å². The molecule has 1 aromatic carbocycles. The van der Waals surface area contributed by atoms with Crippen molar-refractivity contribution < 1.29 is 13.6 Å². The molecule has 0 aliphatic rings. The molecule has 0 bridgehead atoms. The monoisotopic (exact) mass is 306 g/mol. The lowest BCUT2D eigenvalue weighted by molar-refractivity contribution is 0.106. The van der Waals surface area contributed by atoms with Gasteiger partial charge in [-0.1, -0.05) is 11.3 Å². The molecule has 0 saturated carbocycles. The molecule has 0 saturated heterocycles. The summed E-state index contributed by atoms with van der Waals surface area (Å²) in [6.45, 7) is 0. The minimum atomic E-state index is -0.316. The number of thioether (sulfide) groups is 1. The number of furan rings is 1. The van der Waals surface area contributed by atoms with Crippen LogP contribution in [0.1, 0.15) is 10.6 Å². The van der Waals surface area contributed by atoms with Crippen molar-refractivity contribution in [1.29, 1.82) is 0 Å². The number of nitrogens with zero attached hydrogens (tertiary/aromatic N) is 2. The van der Waals surface area contributed by atoms with Crippen LogP contribution in [0.3, 0.4) is 0 Å². The van der Waals surface area contributed by atoms with E-state index in [9.17, 15) is 9.18 Å². The zero-order valence-electron chi connectivity index (χ0n) is 9.95. The molecule has 3 rings (SSSR count). The highest BCUT2D eigenvalue weighted by Gasteiger charge is 2.15. The predicted octanol–water partition coefficient (Wildman–Crippen LogP) is 3.87. The average Bonchev–Trinajstić information content (AvgIpc) is 3.10. The first-order valence-electron chi connectivity index (χ1n) is 5.56. The molecule has 0 radical (unpaired) electrons. The van der Waals surface area contributed by atoms with Crippen LogP contribution in [0.25, 0.3) is 11.3 Å². The normalized spacial score (nSPS) is 10.7. The molecule has 7 heteroatoms. The van der Waals surface area contributed by atoms with Crippen LogP contribution in [0.4, 0.5) is 4.39 Å². The van der Waals surface area contributed by atoms with Gasteiger partial charge in [0, 0.05) is 5.56 Å². The van der Waals surface area contributed by atoms with E-state index in [1.165, 1.54) is 23.5 Å². The van der Waals surface area contributed by atoms with Crippen LogP contribution in [0.2, 0.25) is 0 Å². The fourth-order valence-corrected chi connectivity index (χ4v) is 2.84. The third-order valence-corrected chi connectivity index (χ3v) is 4.12. The number of aromatic nitrogens is 2. The lowest BCUT2D eigenvalue weighted by atomic mass is 10.2. The third kappa shape index (κ3) is 2.78. The highest BCUT2D eigenvalue weighted by molar-refractivity contribution is 8.15. The predicted molar refractivity (Wildman–Crippen MR) is 74.2 cm³/mol. The molecular weight excluding hydrogens is 299 g/mol. The second-order valence-electron chi connectivity index (χ2n) is 3.76. The summed E-state index contributed by atoms with van der Waals surface area (Å²) >= 11 is 2.25. The summed E-state index contributed by atoms with van der Waals surface area (Å²) in [4.78, 5) is 12.0. The number of rotatable bonds is 3. The van der Waals surface area contributed by atoms with Gasteiger partial charge in [0.15, 0.2) is 10.1 Å². The molecule has 4 nitrogen and oxygen atoms in total. The van der Waals surface area contributed by atoms with Crippen LogP contribution in [-0.2, 0) is 0 Å². The molecule has 0 spiro atoms. The zero-order chi connectivity index (χ0) is 13.9. The molecule has 0 atom stereocenters. The summed E-state index contributed by atoms with van der Waals surface area (Å²) in [7, 11) is 0. The lowest BCUT2D eigenvalue weighted by Gasteiger charge is -1.96. The van der Waals surface area contributed by atoms with E-state index in [0.717, 1.165) is 11.8 Å². The second-order valence-corrected chi connectivity index (χ2v) is 5.82. The number of carbonyl (C=O) groups is 1. The molecule has 0 unspecified atom stereocenters. The van der Waals surface area contributed by atoms with Gasteiger partial charge in [-0.3, -0.25) is 4.79 Å². The molecular formula is C13H7FN2O2S2. The Kier molecular flexibility index (Phi) is 3.62. The first-order valence-corrected chi connectivity index (χ1v) is 7.26. The molecule has 0 aliphatic heterocycles. The van der Waals surface area contributed by atoms with Gasteiger partial charge in [0.1, 0.15) is 17.1 Å². The standard InChI is InChI=1S/C13H7FN2O2S2/c14-9-3-1-8(2-4-9)10-5-6-11(18-10)12(17)20-13-16-15-7-19-13/h1-7H. The number of hydrogen-bond acceptors (Lipinski definition) is 6. The van der Waals surface area contributed by atoms with E-state index in [4.69, 9.17) is 4.42 Å². The van der Waals surface area contributed by atoms with Crippen molar-refractivity contribution in [2.45, 2.75) is 4.34 Å². The molecule has 0 fully saturated rings. The van der Waals surface area contributed by atoms with Gasteiger partial charge < -0.3 is 4.42 Å². The van der Waals surface area contributed by atoms with Gasteiger partial charge in [0.25, 0.3) is 5.12 Å². The quantitative estimate of drug-likeness (QED) is 0.688. The Bertz CT molecular complexity index is 723. The van der Waals surface area contributed by atoms with Gasteiger partial charge >= 0.3 is 0 Å². The van der Waals surface area contributed by atoms with Crippen molar-refractivity contribution in [3.05, 3.63) is 53.5 Å². The largest absolute Gasteiger partial charge is 0.452 e. The number of benzene rings is 1. The summed E-state index contributed by atoms with van der Waals surface area (Å²) in [6, 6.07) is 9.15. The third-order valence-electron chi connectivity index (χ3n) is 2.46. The SMILES string of the molecule is O=C(Sc1nncs1)c1ccc(-c2ccc(F)cc2)o1. The van der Waals surface area contributed by atoms with Crippen molar-refractivity contribution in [2.24, 2.45) is 0 Å². The molecule has 20 heavy (non-hydrogen) atoms. The number of halogens is 1. The fraction of sp³-hybridized carbons (Fsp3) is 0. The summed E-state index contributed by atoms with van der Waals surface area (Å²) in [5.74, 6) is 0.430. The summed E-state index contributed by atoms with van der Waals surface area (Å²) < 4.78 is 18.9. The summed E-state index contributed by atoms with van der Waals surface area (Å²) in [5, 5.41) is 7.20. The van der Waals surface area contributed by atoms with Gasteiger partial charge in [-0.2, -0.15) is 0 Å². The Morgan fingerprint density at radius 3 is 2.70 bits per heavy atom.